The SMILES string of the molecule is CSc1ncc2c(n1)N(C)CCNC2. The van der Waals surface area contributed by atoms with Gasteiger partial charge in [-0.25, -0.2) is 9.97 Å². The summed E-state index contributed by atoms with van der Waals surface area (Å²) in [6.45, 7) is 2.87. The lowest BCUT2D eigenvalue weighted by Gasteiger charge is -2.17. The van der Waals surface area contributed by atoms with Gasteiger partial charge in [0.1, 0.15) is 5.82 Å². The fraction of sp³-hybridized carbons (Fsp3) is 0.556. The van der Waals surface area contributed by atoms with Crippen molar-refractivity contribution < 1.29 is 0 Å². The first-order chi connectivity index (χ1) is 6.81. The highest BCUT2D eigenvalue weighted by molar-refractivity contribution is 7.98. The van der Waals surface area contributed by atoms with Crippen molar-refractivity contribution in [3.05, 3.63) is 11.8 Å². The van der Waals surface area contributed by atoms with Crippen LogP contribution in [0.2, 0.25) is 0 Å². The third kappa shape index (κ3) is 1.83. The summed E-state index contributed by atoms with van der Waals surface area (Å²) < 4.78 is 0. The van der Waals surface area contributed by atoms with Gasteiger partial charge in [-0.15, -0.1) is 0 Å². The van der Waals surface area contributed by atoms with Gasteiger partial charge in [-0.2, -0.15) is 0 Å². The van der Waals surface area contributed by atoms with Gasteiger partial charge in [0.2, 0.25) is 0 Å². The molecule has 76 valence electrons. The van der Waals surface area contributed by atoms with Crippen LogP contribution in [0.4, 0.5) is 5.82 Å². The molecule has 2 rings (SSSR count). The van der Waals surface area contributed by atoms with Crippen LogP contribution in [0.5, 0.6) is 0 Å². The van der Waals surface area contributed by atoms with Crippen LogP contribution in [0, 0.1) is 0 Å². The second-order valence-electron chi connectivity index (χ2n) is 3.30. The fourth-order valence-corrected chi connectivity index (χ4v) is 1.85. The van der Waals surface area contributed by atoms with Gasteiger partial charge in [-0.1, -0.05) is 11.8 Å². The van der Waals surface area contributed by atoms with Crippen molar-refractivity contribution in [3.8, 4) is 0 Å². The molecule has 2 heterocycles. The standard InChI is InChI=1S/C9H14N4S/c1-13-4-3-10-5-7-6-11-9(14-2)12-8(7)13/h6,10H,3-5H2,1-2H3. The minimum atomic E-state index is 0.845. The zero-order chi connectivity index (χ0) is 9.97. The highest BCUT2D eigenvalue weighted by Gasteiger charge is 2.13. The highest BCUT2D eigenvalue weighted by atomic mass is 32.2. The molecule has 1 N–H and O–H groups in total. The monoisotopic (exact) mass is 210 g/mol. The Hall–Kier alpha value is -0.810. The first kappa shape index (κ1) is 9.73. The van der Waals surface area contributed by atoms with Crippen molar-refractivity contribution >= 4 is 17.6 Å². The van der Waals surface area contributed by atoms with Crippen molar-refractivity contribution in [2.45, 2.75) is 11.7 Å². The van der Waals surface area contributed by atoms with Crippen LogP contribution in [0.1, 0.15) is 5.56 Å². The summed E-state index contributed by atoms with van der Waals surface area (Å²) >= 11 is 1.58. The molecule has 0 fully saturated rings. The molecule has 4 nitrogen and oxygen atoms in total. The van der Waals surface area contributed by atoms with E-state index in [0.29, 0.717) is 0 Å². The minimum absolute atomic E-state index is 0.845. The van der Waals surface area contributed by atoms with Gasteiger partial charge in [0.15, 0.2) is 5.16 Å². The molecule has 0 unspecified atom stereocenters. The zero-order valence-corrected chi connectivity index (χ0v) is 9.27. The third-order valence-electron chi connectivity index (χ3n) is 2.30. The topological polar surface area (TPSA) is 41.1 Å². The number of fused-ring (bicyclic) bond motifs is 1. The van der Waals surface area contributed by atoms with E-state index in [-0.39, 0.29) is 0 Å². The number of aromatic nitrogens is 2. The predicted molar refractivity (Wildman–Crippen MR) is 58.8 cm³/mol. The van der Waals surface area contributed by atoms with E-state index in [1.54, 1.807) is 11.8 Å². The smallest absolute Gasteiger partial charge is 0.189 e. The van der Waals surface area contributed by atoms with Gasteiger partial charge in [0.05, 0.1) is 0 Å². The van der Waals surface area contributed by atoms with Crippen molar-refractivity contribution in [1.29, 1.82) is 0 Å². The Balaban J connectivity index is 2.39. The Bertz CT molecular complexity index is 329. The summed E-state index contributed by atoms with van der Waals surface area (Å²) in [7, 11) is 2.07. The van der Waals surface area contributed by atoms with E-state index in [9.17, 15) is 0 Å². The Kier molecular flexibility index (Phi) is 2.88. The van der Waals surface area contributed by atoms with Crippen molar-refractivity contribution in [2.75, 3.05) is 31.3 Å². The molecule has 0 saturated heterocycles. The molecule has 0 atom stereocenters. The van der Waals surface area contributed by atoms with Crippen LogP contribution < -0.4 is 10.2 Å². The van der Waals surface area contributed by atoms with Gasteiger partial charge in [0.25, 0.3) is 0 Å². The summed E-state index contributed by atoms with van der Waals surface area (Å²) in [5.74, 6) is 1.06. The van der Waals surface area contributed by atoms with Crippen LogP contribution in [0.15, 0.2) is 11.4 Å². The average molecular weight is 210 g/mol. The van der Waals surface area contributed by atoms with Crippen LogP contribution >= 0.6 is 11.8 Å². The number of nitrogens with one attached hydrogen (secondary N) is 1. The Morgan fingerprint density at radius 3 is 3.21 bits per heavy atom. The quantitative estimate of drug-likeness (QED) is 0.547. The van der Waals surface area contributed by atoms with Gasteiger partial charge in [-0.3, -0.25) is 0 Å². The van der Waals surface area contributed by atoms with E-state index < -0.39 is 0 Å². The molecule has 1 aliphatic heterocycles. The molecule has 1 aromatic rings. The molecule has 0 aromatic carbocycles. The Morgan fingerprint density at radius 1 is 1.57 bits per heavy atom. The van der Waals surface area contributed by atoms with Crippen LogP contribution in [0.25, 0.3) is 0 Å². The average Bonchev–Trinajstić information content (AvgIpc) is 2.40. The normalized spacial score (nSPS) is 16.3. The zero-order valence-electron chi connectivity index (χ0n) is 8.45. The van der Waals surface area contributed by atoms with E-state index >= 15 is 0 Å². The molecular formula is C9H14N4S. The second kappa shape index (κ2) is 4.14. The molecule has 0 radical (unpaired) electrons. The summed E-state index contributed by atoms with van der Waals surface area (Å²) in [5.41, 5.74) is 1.18. The Labute approximate surface area is 88.1 Å². The Morgan fingerprint density at radius 2 is 2.43 bits per heavy atom. The molecule has 0 spiro atoms. The van der Waals surface area contributed by atoms with Crippen LogP contribution in [-0.4, -0.2) is 36.4 Å². The maximum atomic E-state index is 4.51. The number of nitrogens with zero attached hydrogens (tertiary/aromatic N) is 3. The molecule has 1 aromatic heterocycles. The van der Waals surface area contributed by atoms with Crippen molar-refractivity contribution in [2.24, 2.45) is 0 Å². The number of hydrogen-bond acceptors (Lipinski definition) is 5. The maximum absolute atomic E-state index is 4.51. The number of likely N-dealkylation sites (N-methyl/N-ethyl adjacent to an activating group) is 1. The maximum Gasteiger partial charge on any atom is 0.189 e. The van der Waals surface area contributed by atoms with Gasteiger partial charge in [0, 0.05) is 38.4 Å². The summed E-state index contributed by atoms with van der Waals surface area (Å²) in [5, 5.41) is 4.19. The van der Waals surface area contributed by atoms with Crippen LogP contribution in [-0.2, 0) is 6.54 Å². The van der Waals surface area contributed by atoms with Crippen LogP contribution in [0.3, 0.4) is 0 Å². The van der Waals surface area contributed by atoms with Gasteiger partial charge < -0.3 is 10.2 Å². The molecular weight excluding hydrogens is 196 g/mol. The lowest BCUT2D eigenvalue weighted by molar-refractivity contribution is 0.706. The predicted octanol–water partition coefficient (Wildman–Crippen LogP) is 0.738. The van der Waals surface area contributed by atoms with E-state index in [2.05, 4.69) is 27.2 Å². The number of anilines is 1. The third-order valence-corrected chi connectivity index (χ3v) is 2.87. The van der Waals surface area contributed by atoms with Crippen molar-refractivity contribution in [1.82, 2.24) is 15.3 Å². The minimum Gasteiger partial charge on any atom is -0.358 e. The van der Waals surface area contributed by atoms with Crippen molar-refractivity contribution in [3.63, 3.8) is 0 Å². The highest BCUT2D eigenvalue weighted by Crippen LogP contribution is 2.20. The molecule has 0 saturated carbocycles. The van der Waals surface area contributed by atoms with E-state index in [4.69, 9.17) is 0 Å². The molecule has 0 aliphatic carbocycles. The number of hydrogen-bond donors (Lipinski definition) is 1. The number of rotatable bonds is 1. The van der Waals surface area contributed by atoms with Gasteiger partial charge in [-0.05, 0) is 6.26 Å². The van der Waals surface area contributed by atoms with E-state index in [1.165, 1.54) is 5.56 Å². The molecule has 5 heteroatoms. The summed E-state index contributed by atoms with van der Waals surface area (Å²) in [4.78, 5) is 11.0. The molecule has 1 aliphatic rings. The van der Waals surface area contributed by atoms with E-state index in [1.807, 2.05) is 12.5 Å². The lowest BCUT2D eigenvalue weighted by atomic mass is 10.3. The summed E-state index contributed by atoms with van der Waals surface area (Å²) in [6, 6.07) is 0. The first-order valence-electron chi connectivity index (χ1n) is 4.63. The summed E-state index contributed by atoms with van der Waals surface area (Å²) in [6.07, 6.45) is 3.92. The largest absolute Gasteiger partial charge is 0.358 e. The first-order valence-corrected chi connectivity index (χ1v) is 5.85. The number of thioether (sulfide) groups is 1. The van der Waals surface area contributed by atoms with E-state index in [0.717, 1.165) is 30.6 Å². The second-order valence-corrected chi connectivity index (χ2v) is 4.08. The van der Waals surface area contributed by atoms with Gasteiger partial charge >= 0.3 is 0 Å². The fourth-order valence-electron chi connectivity index (χ4n) is 1.51. The lowest BCUT2D eigenvalue weighted by Crippen LogP contribution is -2.25. The molecule has 0 amide bonds. The molecule has 0 bridgehead atoms. The molecule has 14 heavy (non-hydrogen) atoms.